The largest absolute Gasteiger partial charge is 0.508 e. The summed E-state index contributed by atoms with van der Waals surface area (Å²) in [5.41, 5.74) is 5.15. The third kappa shape index (κ3) is 4.98. The van der Waals surface area contributed by atoms with Gasteiger partial charge >= 0.3 is 5.97 Å². The zero-order chi connectivity index (χ0) is 28.1. The fourth-order valence-corrected chi connectivity index (χ4v) is 5.09. The smallest absolute Gasteiger partial charge is 0.317 e. The molecule has 2 aliphatic rings. The van der Waals surface area contributed by atoms with E-state index in [-0.39, 0.29) is 11.7 Å². The summed E-state index contributed by atoms with van der Waals surface area (Å²) in [5.74, 6) is 1.35. The Labute approximate surface area is 226 Å². The number of H-pyrrole nitrogens is 1. The summed E-state index contributed by atoms with van der Waals surface area (Å²) in [6, 6.07) is 5.29. The minimum atomic E-state index is -0.483. The normalized spacial score (nSPS) is 16.5. The number of ether oxygens (including phenoxy) is 4. The van der Waals surface area contributed by atoms with Crippen molar-refractivity contribution in [1.29, 1.82) is 0 Å². The summed E-state index contributed by atoms with van der Waals surface area (Å²) in [4.78, 5) is 27.6. The molecule has 1 aliphatic carbocycles. The molecule has 2 N–H and O–H groups in total. The molecule has 0 saturated heterocycles. The number of hydrogen-bond acceptors (Lipinski definition) is 8. The summed E-state index contributed by atoms with van der Waals surface area (Å²) in [7, 11) is 8.02. The average molecular weight is 545 g/mol. The highest BCUT2D eigenvalue weighted by atomic mass is 35.5. The molecule has 0 spiro atoms. The predicted molar refractivity (Wildman–Crippen MR) is 149 cm³/mol. The highest BCUT2D eigenvalue weighted by molar-refractivity contribution is 6.15. The maximum atomic E-state index is 11.8. The Hall–Kier alpha value is -3.85. The first kappa shape index (κ1) is 28.7. The van der Waals surface area contributed by atoms with E-state index in [0.717, 1.165) is 29.5 Å². The molecular weight excluding hydrogens is 512 g/mol. The summed E-state index contributed by atoms with van der Waals surface area (Å²) in [6.45, 7) is 3.10. The second kappa shape index (κ2) is 12.1. The number of aromatic hydroxyl groups is 1. The van der Waals surface area contributed by atoms with E-state index in [1.165, 1.54) is 33.3 Å². The van der Waals surface area contributed by atoms with Crippen molar-refractivity contribution in [3.8, 4) is 23.0 Å². The Morgan fingerprint density at radius 1 is 1.08 bits per heavy atom. The number of benzene rings is 2. The lowest BCUT2D eigenvalue weighted by Crippen LogP contribution is -2.14. The second-order valence-corrected chi connectivity index (χ2v) is 8.75. The number of aromatic nitrogens is 1. The number of hydrogen-bond donors (Lipinski definition) is 2. The SMILES string of the molecule is CCl.COC(=O)C1C=Cc2c1c(O)cc1c2[C@H](C)CN1C.COc1cc2cc(C=O)[nH]c2c(OC)c1OC. The van der Waals surface area contributed by atoms with Crippen LogP contribution in [-0.4, -0.2) is 70.8 Å². The average Bonchev–Trinajstić information content (AvgIpc) is 3.63. The van der Waals surface area contributed by atoms with Crippen molar-refractivity contribution in [1.82, 2.24) is 4.98 Å². The number of methoxy groups -OCH3 is 4. The van der Waals surface area contributed by atoms with Crippen LogP contribution in [0.1, 0.15) is 45.9 Å². The van der Waals surface area contributed by atoms with Gasteiger partial charge in [-0.05, 0) is 23.3 Å². The van der Waals surface area contributed by atoms with Gasteiger partial charge in [0.15, 0.2) is 17.8 Å². The van der Waals surface area contributed by atoms with Crippen LogP contribution in [0.15, 0.2) is 24.3 Å². The number of halogens is 1. The molecule has 2 heterocycles. The molecule has 1 aliphatic heterocycles. The van der Waals surface area contributed by atoms with Crippen molar-refractivity contribution in [2.75, 3.05) is 53.3 Å². The molecule has 0 bridgehead atoms. The molecule has 2 atom stereocenters. The predicted octanol–water partition coefficient (Wildman–Crippen LogP) is 5.09. The van der Waals surface area contributed by atoms with Gasteiger partial charge in [0.05, 0.1) is 39.6 Å². The first-order valence-electron chi connectivity index (χ1n) is 11.8. The molecule has 1 aromatic heterocycles. The lowest BCUT2D eigenvalue weighted by molar-refractivity contribution is -0.141. The van der Waals surface area contributed by atoms with Crippen LogP contribution in [0.5, 0.6) is 23.0 Å². The molecule has 0 amide bonds. The highest BCUT2D eigenvalue weighted by Gasteiger charge is 2.35. The number of nitrogens with zero attached hydrogens (tertiary/aromatic N) is 1. The summed E-state index contributed by atoms with van der Waals surface area (Å²) in [6.07, 6.45) is 5.96. The molecular formula is C28H33ClN2O7. The van der Waals surface area contributed by atoms with Gasteiger partial charge in [0.1, 0.15) is 11.7 Å². The fraction of sp³-hybridized carbons (Fsp3) is 0.357. The van der Waals surface area contributed by atoms with Crippen molar-refractivity contribution in [3.05, 3.63) is 46.7 Å². The van der Waals surface area contributed by atoms with E-state index in [1.54, 1.807) is 25.3 Å². The van der Waals surface area contributed by atoms with Crippen LogP contribution in [0.3, 0.4) is 0 Å². The van der Waals surface area contributed by atoms with Gasteiger partial charge in [-0.3, -0.25) is 9.59 Å². The van der Waals surface area contributed by atoms with Gasteiger partial charge < -0.3 is 33.9 Å². The minimum absolute atomic E-state index is 0.176. The Morgan fingerprint density at radius 2 is 1.76 bits per heavy atom. The third-order valence-corrected chi connectivity index (χ3v) is 6.65. The summed E-state index contributed by atoms with van der Waals surface area (Å²) >= 11 is 4.64. The number of aromatic amines is 1. The molecule has 0 saturated carbocycles. The fourth-order valence-electron chi connectivity index (χ4n) is 5.09. The molecule has 0 radical (unpaired) electrons. The second-order valence-electron chi connectivity index (χ2n) is 8.75. The lowest BCUT2D eigenvalue weighted by atomic mass is 9.91. The van der Waals surface area contributed by atoms with Gasteiger partial charge in [-0.1, -0.05) is 19.1 Å². The summed E-state index contributed by atoms with van der Waals surface area (Å²) in [5, 5.41) is 11.1. The lowest BCUT2D eigenvalue weighted by Gasteiger charge is -2.17. The number of likely N-dealkylation sites (N-methyl/N-ethyl adjacent to an activating group) is 1. The summed E-state index contributed by atoms with van der Waals surface area (Å²) < 4.78 is 20.6. The van der Waals surface area contributed by atoms with E-state index in [2.05, 4.69) is 28.4 Å². The molecule has 1 unspecified atom stereocenters. The Balaban J connectivity index is 0.000000199. The van der Waals surface area contributed by atoms with E-state index in [9.17, 15) is 14.7 Å². The number of rotatable bonds is 5. The first-order valence-corrected chi connectivity index (χ1v) is 12.6. The monoisotopic (exact) mass is 544 g/mol. The van der Waals surface area contributed by atoms with Gasteiger partial charge in [0.2, 0.25) is 5.75 Å². The minimum Gasteiger partial charge on any atom is -0.508 e. The standard InChI is InChI=1S/C15H17NO3.C12H13NO4.CH3Cl/c1-8-7-16(2)11-6-12(17)14-9(13(8)11)4-5-10(14)15(18)19-3;1-15-9-5-7-4-8(6-14)13-10(7)12(17-3)11(9)16-2;1-2/h4-6,8,10,17H,7H2,1-3H3;4-6,13H,1-3H3;1H3/t8-,10?;;/m1../s1. The van der Waals surface area contributed by atoms with Crippen molar-refractivity contribution in [2.45, 2.75) is 18.8 Å². The Morgan fingerprint density at radius 3 is 2.34 bits per heavy atom. The van der Waals surface area contributed by atoms with Crippen molar-refractivity contribution in [3.63, 3.8) is 0 Å². The number of phenolic OH excluding ortho intramolecular Hbond substituents is 1. The Kier molecular flexibility index (Phi) is 9.17. The number of alkyl halides is 1. The van der Waals surface area contributed by atoms with Gasteiger partial charge in [0, 0.05) is 48.6 Å². The molecule has 3 aromatic rings. The Bertz CT molecular complexity index is 1370. The van der Waals surface area contributed by atoms with Crippen LogP contribution in [0.25, 0.3) is 17.0 Å². The highest BCUT2D eigenvalue weighted by Crippen LogP contribution is 2.48. The maximum absolute atomic E-state index is 11.8. The van der Waals surface area contributed by atoms with Gasteiger partial charge in [0.25, 0.3) is 0 Å². The molecule has 2 aromatic carbocycles. The number of carbonyl (C=O) groups excluding carboxylic acids is 2. The van der Waals surface area contributed by atoms with Crippen LogP contribution in [-0.2, 0) is 9.53 Å². The van der Waals surface area contributed by atoms with Gasteiger partial charge in [-0.2, -0.15) is 0 Å². The van der Waals surface area contributed by atoms with E-state index < -0.39 is 5.92 Å². The third-order valence-electron chi connectivity index (χ3n) is 6.65. The number of anilines is 1. The molecule has 10 heteroatoms. The van der Waals surface area contributed by atoms with E-state index >= 15 is 0 Å². The van der Waals surface area contributed by atoms with Gasteiger partial charge in [-0.15, -0.1) is 11.6 Å². The van der Waals surface area contributed by atoms with Crippen LogP contribution in [0, 0.1) is 0 Å². The van der Waals surface area contributed by atoms with E-state index in [4.69, 9.17) is 18.9 Å². The zero-order valence-corrected chi connectivity index (χ0v) is 23.3. The quantitative estimate of drug-likeness (QED) is 0.260. The number of nitrogens with one attached hydrogen (secondary N) is 1. The van der Waals surface area contributed by atoms with Crippen molar-refractivity contribution >= 4 is 46.5 Å². The van der Waals surface area contributed by atoms with Crippen molar-refractivity contribution < 1.29 is 33.6 Å². The van der Waals surface area contributed by atoms with Crippen LogP contribution >= 0.6 is 11.6 Å². The van der Waals surface area contributed by atoms with Gasteiger partial charge in [-0.25, -0.2) is 0 Å². The van der Waals surface area contributed by atoms with E-state index in [1.807, 2.05) is 19.2 Å². The topological polar surface area (TPSA) is 110 Å². The number of carbonyl (C=O) groups is 2. The number of fused-ring (bicyclic) bond motifs is 4. The molecule has 5 rings (SSSR count). The van der Waals surface area contributed by atoms with E-state index in [0.29, 0.717) is 39.9 Å². The van der Waals surface area contributed by atoms with Crippen molar-refractivity contribution in [2.24, 2.45) is 0 Å². The van der Waals surface area contributed by atoms with Crippen LogP contribution < -0.4 is 19.1 Å². The zero-order valence-electron chi connectivity index (χ0n) is 22.5. The van der Waals surface area contributed by atoms with Crippen LogP contribution in [0.4, 0.5) is 5.69 Å². The first-order chi connectivity index (χ1) is 18.3. The molecule has 204 valence electrons. The maximum Gasteiger partial charge on any atom is 0.317 e. The molecule has 9 nitrogen and oxygen atoms in total. The molecule has 0 fully saturated rings. The van der Waals surface area contributed by atoms with Crippen LogP contribution in [0.2, 0.25) is 0 Å². The number of phenols is 1. The number of aldehydes is 1. The number of esters is 1. The molecule has 38 heavy (non-hydrogen) atoms.